The van der Waals surface area contributed by atoms with Crippen LogP contribution in [0.25, 0.3) is 0 Å². The van der Waals surface area contributed by atoms with E-state index in [9.17, 15) is 33.3 Å². The summed E-state index contributed by atoms with van der Waals surface area (Å²) in [5.41, 5.74) is -0.819. The molecule has 1 amide bonds. The van der Waals surface area contributed by atoms with E-state index in [4.69, 9.17) is 4.74 Å². The van der Waals surface area contributed by atoms with Crippen molar-refractivity contribution < 1.29 is 38.0 Å². The minimum absolute atomic E-state index is 0.00720. The van der Waals surface area contributed by atoms with Crippen molar-refractivity contribution in [2.75, 3.05) is 13.7 Å². The quantitative estimate of drug-likeness (QED) is 0.266. The molecule has 1 fully saturated rings. The number of aliphatic hydroxyl groups is 3. The van der Waals surface area contributed by atoms with Crippen LogP contribution in [0.2, 0.25) is 0 Å². The summed E-state index contributed by atoms with van der Waals surface area (Å²) in [5, 5.41) is 33.9. The summed E-state index contributed by atoms with van der Waals surface area (Å²) in [6.07, 6.45) is 0.202. The van der Waals surface area contributed by atoms with Gasteiger partial charge in [-0.2, -0.15) is 13.2 Å². The van der Waals surface area contributed by atoms with E-state index in [2.05, 4.69) is 5.32 Å². The minimum atomic E-state index is -4.47. The molecule has 34 heavy (non-hydrogen) atoms. The molecule has 1 aromatic rings. The SMILES string of the molecule is CNC(=O)CCC/C=C/C[C@@H]1[C@@H](C(C)C[C@@H](O)COc2cccc(C(F)(F)F)c2)[C@H](O)C[C@@H]1O. The van der Waals surface area contributed by atoms with Crippen LogP contribution in [0.3, 0.4) is 0 Å². The van der Waals surface area contributed by atoms with Crippen molar-refractivity contribution in [2.45, 2.75) is 69.9 Å². The van der Waals surface area contributed by atoms with Gasteiger partial charge in [-0.3, -0.25) is 4.79 Å². The number of amides is 1. The summed E-state index contributed by atoms with van der Waals surface area (Å²) < 4.78 is 43.9. The van der Waals surface area contributed by atoms with Gasteiger partial charge in [0, 0.05) is 13.5 Å². The molecule has 0 saturated heterocycles. The Bertz CT molecular complexity index is 801. The molecule has 0 aliphatic heterocycles. The second-order valence-corrected chi connectivity index (χ2v) is 9.09. The van der Waals surface area contributed by atoms with Crippen LogP contribution in [0.5, 0.6) is 5.75 Å². The number of hydrogen-bond acceptors (Lipinski definition) is 5. The summed E-state index contributed by atoms with van der Waals surface area (Å²) in [4.78, 5) is 11.2. The van der Waals surface area contributed by atoms with E-state index in [1.807, 2.05) is 19.1 Å². The van der Waals surface area contributed by atoms with Crippen molar-refractivity contribution in [1.82, 2.24) is 5.32 Å². The first-order valence-electron chi connectivity index (χ1n) is 11.7. The third kappa shape index (κ3) is 8.60. The number of halogens is 3. The van der Waals surface area contributed by atoms with Gasteiger partial charge < -0.3 is 25.4 Å². The van der Waals surface area contributed by atoms with Gasteiger partial charge in [0.15, 0.2) is 0 Å². The highest BCUT2D eigenvalue weighted by Crippen LogP contribution is 2.41. The van der Waals surface area contributed by atoms with Crippen molar-refractivity contribution >= 4 is 5.91 Å². The standard InChI is InChI=1S/C25H36F3NO5/c1-16(12-18(30)15-34-19-9-7-8-17(13-19)25(26,27)28)24-20(21(31)14-22(24)32)10-5-3-4-6-11-23(33)29-2/h3,5,7-9,13,16,18,20-22,24,30-32H,4,6,10-12,14-15H2,1-2H3,(H,29,33)/b5-3+/t16?,18-,20+,21+,22-,24-/m1/s1. The molecule has 0 bridgehead atoms. The van der Waals surface area contributed by atoms with Gasteiger partial charge in [0.1, 0.15) is 12.4 Å². The first kappa shape index (κ1) is 28.1. The molecular weight excluding hydrogens is 451 g/mol. The van der Waals surface area contributed by atoms with Crippen LogP contribution in [0, 0.1) is 17.8 Å². The first-order valence-corrected chi connectivity index (χ1v) is 11.7. The van der Waals surface area contributed by atoms with E-state index >= 15 is 0 Å². The fourth-order valence-electron chi connectivity index (χ4n) is 4.72. The highest BCUT2D eigenvalue weighted by atomic mass is 19.4. The minimum Gasteiger partial charge on any atom is -0.491 e. The van der Waals surface area contributed by atoms with Gasteiger partial charge in [0.05, 0.1) is 23.9 Å². The molecule has 6 atom stereocenters. The topological polar surface area (TPSA) is 99.0 Å². The van der Waals surface area contributed by atoms with Gasteiger partial charge in [-0.1, -0.05) is 25.1 Å². The Kier molecular flexibility index (Phi) is 10.9. The number of unbranched alkanes of at least 4 members (excludes halogenated alkanes) is 1. The third-order valence-electron chi connectivity index (χ3n) is 6.45. The zero-order valence-corrected chi connectivity index (χ0v) is 19.7. The number of aliphatic hydroxyl groups excluding tert-OH is 3. The number of hydrogen-bond donors (Lipinski definition) is 4. The van der Waals surface area contributed by atoms with E-state index in [1.54, 1.807) is 7.05 Å². The number of allylic oxidation sites excluding steroid dienone is 2. The summed E-state index contributed by atoms with van der Waals surface area (Å²) >= 11 is 0. The Balaban J connectivity index is 1.86. The Morgan fingerprint density at radius 3 is 2.68 bits per heavy atom. The molecule has 0 heterocycles. The van der Waals surface area contributed by atoms with Crippen LogP contribution in [0.1, 0.15) is 51.0 Å². The lowest BCUT2D eigenvalue weighted by Gasteiger charge is -2.30. The number of carbonyl (C=O) groups excluding carboxylic acids is 1. The lowest BCUT2D eigenvalue weighted by atomic mass is 9.79. The van der Waals surface area contributed by atoms with E-state index < -0.39 is 30.1 Å². The Labute approximate surface area is 198 Å². The summed E-state index contributed by atoms with van der Waals surface area (Å²) in [6.45, 7) is 1.71. The van der Waals surface area contributed by atoms with Crippen molar-refractivity contribution in [2.24, 2.45) is 17.8 Å². The molecule has 2 rings (SSSR count). The van der Waals surface area contributed by atoms with Crippen LogP contribution in [-0.4, -0.2) is 53.2 Å². The molecule has 192 valence electrons. The van der Waals surface area contributed by atoms with Gasteiger partial charge >= 0.3 is 6.18 Å². The molecule has 1 aromatic carbocycles. The van der Waals surface area contributed by atoms with Gasteiger partial charge in [0.25, 0.3) is 0 Å². The predicted octanol–water partition coefficient (Wildman–Crippen LogP) is 3.69. The first-order chi connectivity index (χ1) is 16.0. The molecule has 6 nitrogen and oxygen atoms in total. The molecule has 1 aliphatic carbocycles. The third-order valence-corrected chi connectivity index (χ3v) is 6.45. The second kappa shape index (κ2) is 13.1. The lowest BCUT2D eigenvalue weighted by Crippen LogP contribution is -2.31. The second-order valence-electron chi connectivity index (χ2n) is 9.09. The lowest BCUT2D eigenvalue weighted by molar-refractivity contribution is -0.137. The zero-order chi connectivity index (χ0) is 25.3. The summed E-state index contributed by atoms with van der Waals surface area (Å²) in [7, 11) is 1.60. The highest BCUT2D eigenvalue weighted by molar-refractivity contribution is 5.75. The molecular formula is C25H36F3NO5. The van der Waals surface area contributed by atoms with Crippen molar-refractivity contribution in [3.63, 3.8) is 0 Å². The number of rotatable bonds is 12. The number of nitrogens with one attached hydrogen (secondary N) is 1. The van der Waals surface area contributed by atoms with Gasteiger partial charge in [-0.05, 0) is 68.1 Å². The number of benzene rings is 1. The van der Waals surface area contributed by atoms with Crippen LogP contribution in [0.15, 0.2) is 36.4 Å². The van der Waals surface area contributed by atoms with Crippen LogP contribution in [0.4, 0.5) is 13.2 Å². The maximum atomic E-state index is 12.8. The molecule has 0 radical (unpaired) electrons. The summed E-state index contributed by atoms with van der Waals surface area (Å²) in [6, 6.07) is 4.50. The van der Waals surface area contributed by atoms with Gasteiger partial charge in [-0.15, -0.1) is 0 Å². The van der Waals surface area contributed by atoms with Gasteiger partial charge in [0.2, 0.25) is 5.91 Å². The Morgan fingerprint density at radius 2 is 2.00 bits per heavy atom. The fraction of sp³-hybridized carbons (Fsp3) is 0.640. The monoisotopic (exact) mass is 487 g/mol. The fourth-order valence-corrected chi connectivity index (χ4v) is 4.72. The largest absolute Gasteiger partial charge is 0.491 e. The molecule has 0 spiro atoms. The zero-order valence-electron chi connectivity index (χ0n) is 19.7. The Hall–Kier alpha value is -2.10. The molecule has 0 aromatic heterocycles. The van der Waals surface area contributed by atoms with Gasteiger partial charge in [-0.25, -0.2) is 0 Å². The van der Waals surface area contributed by atoms with Crippen LogP contribution in [-0.2, 0) is 11.0 Å². The molecule has 1 unspecified atom stereocenters. The van der Waals surface area contributed by atoms with E-state index in [0.717, 1.165) is 25.0 Å². The highest BCUT2D eigenvalue weighted by Gasteiger charge is 2.43. The molecule has 9 heteroatoms. The Morgan fingerprint density at radius 1 is 1.26 bits per heavy atom. The normalized spacial score (nSPS) is 24.8. The smallest absolute Gasteiger partial charge is 0.416 e. The van der Waals surface area contributed by atoms with E-state index in [0.29, 0.717) is 12.8 Å². The predicted molar refractivity (Wildman–Crippen MR) is 122 cm³/mol. The maximum Gasteiger partial charge on any atom is 0.416 e. The van der Waals surface area contributed by atoms with Crippen LogP contribution < -0.4 is 10.1 Å². The van der Waals surface area contributed by atoms with E-state index in [1.165, 1.54) is 12.1 Å². The number of ether oxygens (including phenoxy) is 1. The van der Waals surface area contributed by atoms with Crippen molar-refractivity contribution in [3.8, 4) is 5.75 Å². The summed E-state index contributed by atoms with van der Waals surface area (Å²) in [5.74, 6) is -0.520. The molecule has 1 aliphatic rings. The van der Waals surface area contributed by atoms with E-state index in [-0.39, 0.29) is 48.9 Å². The van der Waals surface area contributed by atoms with Crippen molar-refractivity contribution in [3.05, 3.63) is 42.0 Å². The average Bonchev–Trinajstić information content (AvgIpc) is 3.06. The van der Waals surface area contributed by atoms with Crippen molar-refractivity contribution in [1.29, 1.82) is 0 Å². The number of alkyl halides is 3. The van der Waals surface area contributed by atoms with Crippen LogP contribution >= 0.6 is 0 Å². The maximum absolute atomic E-state index is 12.8. The molecule has 1 saturated carbocycles. The number of carbonyl (C=O) groups is 1. The molecule has 4 N–H and O–H groups in total. The average molecular weight is 488 g/mol.